The Labute approximate surface area is 242 Å². The fourth-order valence-electron chi connectivity index (χ4n) is 4.96. The number of carbonyl (C=O) groups excluding carboxylic acids is 1. The molecule has 1 fully saturated rings. The van der Waals surface area contributed by atoms with Crippen molar-refractivity contribution in [3.8, 4) is 0 Å². The van der Waals surface area contributed by atoms with E-state index in [9.17, 15) is 13.2 Å². The Morgan fingerprint density at radius 1 is 0.786 bits per heavy atom. The van der Waals surface area contributed by atoms with E-state index in [2.05, 4.69) is 4.18 Å². The summed E-state index contributed by atoms with van der Waals surface area (Å²) in [6.07, 6.45) is -5.73. The minimum Gasteiger partial charge on any atom is -0.449 e. The summed E-state index contributed by atoms with van der Waals surface area (Å²) in [5.74, 6) is -5.06. The van der Waals surface area contributed by atoms with Crippen LogP contribution in [-0.2, 0) is 34.1 Å². The number of halogens is 2. The fourth-order valence-corrected chi connectivity index (χ4v) is 5.45. The number of hydrogen-bond donors (Lipinski definition) is 0. The van der Waals surface area contributed by atoms with Gasteiger partial charge >= 0.3 is 11.9 Å². The minimum absolute atomic E-state index is 0.0349. The van der Waals surface area contributed by atoms with Crippen molar-refractivity contribution in [1.29, 1.82) is 0 Å². The molecule has 42 heavy (non-hydrogen) atoms. The molecule has 1 heterocycles. The molecule has 1 saturated heterocycles. The molecule has 0 amide bonds. The van der Waals surface area contributed by atoms with Gasteiger partial charge in [0, 0.05) is 0 Å². The highest BCUT2D eigenvalue weighted by molar-refractivity contribution is 7.86. The largest absolute Gasteiger partial charge is 0.449 e. The van der Waals surface area contributed by atoms with E-state index in [1.54, 1.807) is 18.2 Å². The van der Waals surface area contributed by atoms with Crippen LogP contribution in [0.2, 0.25) is 0 Å². The molecule has 0 bridgehead atoms. The van der Waals surface area contributed by atoms with E-state index >= 15 is 8.78 Å². The van der Waals surface area contributed by atoms with Gasteiger partial charge in [0.05, 0.1) is 18.4 Å². The Balaban J connectivity index is 1.56. The monoisotopic (exact) mass is 594 g/mol. The van der Waals surface area contributed by atoms with Gasteiger partial charge in [-0.25, -0.2) is 8.98 Å². The van der Waals surface area contributed by atoms with Crippen molar-refractivity contribution in [3.05, 3.63) is 144 Å². The van der Waals surface area contributed by atoms with E-state index in [1.165, 1.54) is 12.1 Å². The zero-order valence-electron chi connectivity index (χ0n) is 22.5. The van der Waals surface area contributed by atoms with Crippen LogP contribution < -0.4 is 0 Å². The zero-order valence-corrected chi connectivity index (χ0v) is 23.3. The quantitative estimate of drug-likeness (QED) is 0.135. The molecule has 5 rings (SSSR count). The van der Waals surface area contributed by atoms with Crippen LogP contribution in [-0.4, -0.2) is 51.7 Å². The lowest BCUT2D eigenvalue weighted by Crippen LogP contribution is -2.46. The molecule has 0 radical (unpaired) electrons. The smallest absolute Gasteiger partial charge is 0.338 e. The topological polar surface area (TPSA) is 88.1 Å². The van der Waals surface area contributed by atoms with Gasteiger partial charge in [-0.3, -0.25) is 0 Å². The van der Waals surface area contributed by atoms with E-state index < -0.39 is 52.7 Å². The van der Waals surface area contributed by atoms with E-state index in [-0.39, 0.29) is 5.56 Å². The molecule has 218 valence electrons. The first-order valence-electron chi connectivity index (χ1n) is 13.1. The Morgan fingerprint density at radius 3 is 1.64 bits per heavy atom. The third kappa shape index (κ3) is 6.12. The molecule has 1 aliphatic rings. The van der Waals surface area contributed by atoms with Crippen molar-refractivity contribution >= 4 is 16.1 Å². The molecule has 2 unspecified atom stereocenters. The number of rotatable bonds is 10. The van der Waals surface area contributed by atoms with Gasteiger partial charge in [-0.05, 0) is 28.8 Å². The summed E-state index contributed by atoms with van der Waals surface area (Å²) >= 11 is 0. The third-order valence-electron chi connectivity index (χ3n) is 6.84. The molecule has 4 aromatic carbocycles. The van der Waals surface area contributed by atoms with E-state index in [4.69, 9.17) is 14.2 Å². The second kappa shape index (κ2) is 12.1. The van der Waals surface area contributed by atoms with E-state index in [1.807, 2.05) is 91.0 Å². The van der Waals surface area contributed by atoms with Gasteiger partial charge in [0.2, 0.25) is 6.29 Å². The Kier molecular flexibility index (Phi) is 8.51. The average molecular weight is 595 g/mol. The molecule has 0 N–H and O–H groups in total. The minimum atomic E-state index is -4.36. The SMILES string of the molecule is CS(=O)(=O)OC1O[C@H](COC(c2ccccc2)(c2ccccc2)c2ccccc2)C(OC(=O)c2ccccc2)C1(F)F. The predicted molar refractivity (Wildman–Crippen MR) is 150 cm³/mol. The van der Waals surface area contributed by atoms with Gasteiger partial charge in [-0.2, -0.15) is 17.2 Å². The summed E-state index contributed by atoms with van der Waals surface area (Å²) in [6, 6.07) is 35.3. The summed E-state index contributed by atoms with van der Waals surface area (Å²) in [4.78, 5) is 12.9. The van der Waals surface area contributed by atoms with Crippen LogP contribution in [0.15, 0.2) is 121 Å². The van der Waals surface area contributed by atoms with Crippen molar-refractivity contribution in [2.24, 2.45) is 0 Å². The van der Waals surface area contributed by atoms with Crippen LogP contribution in [0.3, 0.4) is 0 Å². The summed E-state index contributed by atoms with van der Waals surface area (Å²) in [5, 5.41) is 0. The first kappa shape index (κ1) is 29.5. The van der Waals surface area contributed by atoms with Crippen molar-refractivity contribution in [2.45, 2.75) is 30.0 Å². The lowest BCUT2D eigenvalue weighted by Gasteiger charge is -2.37. The van der Waals surface area contributed by atoms with Crippen molar-refractivity contribution in [1.82, 2.24) is 0 Å². The Morgan fingerprint density at radius 2 is 1.21 bits per heavy atom. The third-order valence-corrected chi connectivity index (χ3v) is 7.36. The van der Waals surface area contributed by atoms with Crippen LogP contribution in [0.5, 0.6) is 0 Å². The van der Waals surface area contributed by atoms with E-state index in [0.717, 1.165) is 0 Å². The van der Waals surface area contributed by atoms with Crippen molar-refractivity contribution < 1.29 is 40.4 Å². The Hall–Kier alpha value is -3.96. The number of ether oxygens (including phenoxy) is 3. The summed E-state index contributed by atoms with van der Waals surface area (Å²) in [5.41, 5.74) is 0.844. The number of hydrogen-bond acceptors (Lipinski definition) is 7. The molecule has 4 aromatic rings. The first-order valence-corrected chi connectivity index (χ1v) is 14.9. The van der Waals surface area contributed by atoms with E-state index in [0.29, 0.717) is 22.9 Å². The maximum atomic E-state index is 15.7. The van der Waals surface area contributed by atoms with Crippen LogP contribution in [0.4, 0.5) is 8.78 Å². The molecule has 3 atom stereocenters. The van der Waals surface area contributed by atoms with Gasteiger partial charge in [0.25, 0.3) is 10.1 Å². The highest BCUT2D eigenvalue weighted by Crippen LogP contribution is 2.44. The van der Waals surface area contributed by atoms with Gasteiger partial charge in [-0.1, -0.05) is 109 Å². The van der Waals surface area contributed by atoms with Crippen LogP contribution in [0, 0.1) is 0 Å². The van der Waals surface area contributed by atoms with Crippen molar-refractivity contribution in [2.75, 3.05) is 12.9 Å². The molecule has 10 heteroatoms. The Bertz CT molecular complexity index is 1490. The normalized spacial score (nSPS) is 20.2. The number of alkyl halides is 2. The molecular formula is C32H28F2O7S. The van der Waals surface area contributed by atoms with Gasteiger partial charge in [0.1, 0.15) is 11.7 Å². The predicted octanol–water partition coefficient (Wildman–Crippen LogP) is 5.56. The number of esters is 1. The molecule has 0 aliphatic carbocycles. The number of carbonyl (C=O) groups is 1. The van der Waals surface area contributed by atoms with Crippen LogP contribution in [0.1, 0.15) is 27.0 Å². The first-order chi connectivity index (χ1) is 20.1. The summed E-state index contributed by atoms with van der Waals surface area (Å²) in [6.45, 7) is -0.523. The lowest BCUT2D eigenvalue weighted by molar-refractivity contribution is -0.184. The lowest BCUT2D eigenvalue weighted by atomic mass is 9.80. The molecule has 0 spiro atoms. The standard InChI is InChI=1S/C32H28F2O7S/c1-42(36,37)41-30-32(33,34)28(40-29(35)23-14-6-2-7-15-23)27(39-30)22-38-31(24-16-8-3-9-17-24,25-18-10-4-11-19-25)26-20-12-5-13-21-26/h2-21,27-28,30H,22H2,1H3/t27-,28?,30?/m1/s1. The average Bonchev–Trinajstić information content (AvgIpc) is 3.22. The molecular weight excluding hydrogens is 566 g/mol. The van der Waals surface area contributed by atoms with Crippen LogP contribution in [0.25, 0.3) is 0 Å². The van der Waals surface area contributed by atoms with Crippen LogP contribution >= 0.6 is 0 Å². The zero-order chi connectivity index (χ0) is 29.8. The molecule has 0 saturated carbocycles. The van der Waals surface area contributed by atoms with Gasteiger partial charge < -0.3 is 14.2 Å². The van der Waals surface area contributed by atoms with Gasteiger partial charge in [-0.15, -0.1) is 0 Å². The fraction of sp³-hybridized carbons (Fsp3) is 0.219. The van der Waals surface area contributed by atoms with Gasteiger partial charge in [0.15, 0.2) is 6.10 Å². The highest BCUT2D eigenvalue weighted by Gasteiger charge is 2.63. The molecule has 1 aliphatic heterocycles. The summed E-state index contributed by atoms with van der Waals surface area (Å²) < 4.78 is 76.9. The van der Waals surface area contributed by atoms with Crippen molar-refractivity contribution in [3.63, 3.8) is 0 Å². The highest BCUT2D eigenvalue weighted by atomic mass is 32.2. The maximum absolute atomic E-state index is 15.7. The molecule has 7 nitrogen and oxygen atoms in total. The molecule has 0 aromatic heterocycles. The number of benzene rings is 4. The second-order valence-corrected chi connectivity index (χ2v) is 11.4. The second-order valence-electron chi connectivity index (χ2n) is 9.76. The maximum Gasteiger partial charge on any atom is 0.338 e. The summed E-state index contributed by atoms with van der Waals surface area (Å²) in [7, 11) is -4.36.